The van der Waals surface area contributed by atoms with E-state index in [2.05, 4.69) is 12.6 Å². The Bertz CT molecular complexity index is 1030. The van der Waals surface area contributed by atoms with Gasteiger partial charge < -0.3 is 4.74 Å². The van der Waals surface area contributed by atoms with E-state index < -0.39 is 0 Å². The van der Waals surface area contributed by atoms with Crippen LogP contribution in [0, 0.1) is 0 Å². The van der Waals surface area contributed by atoms with Crippen LogP contribution in [0.3, 0.4) is 0 Å². The van der Waals surface area contributed by atoms with Crippen LogP contribution in [-0.2, 0) is 9.53 Å². The van der Waals surface area contributed by atoms with Gasteiger partial charge in [0.2, 0.25) is 0 Å². The van der Waals surface area contributed by atoms with Crippen LogP contribution >= 0.6 is 0 Å². The highest BCUT2D eigenvalue weighted by Crippen LogP contribution is 2.33. The SMILES string of the molecule is C=Cc1cccc(-c2nn([C@@H]3C[C@@H](C(=O)OC)N(C)C3)nc2-c2ccccc2)c1. The van der Waals surface area contributed by atoms with Gasteiger partial charge in [0.15, 0.2) is 0 Å². The summed E-state index contributed by atoms with van der Waals surface area (Å²) in [6.45, 7) is 4.55. The minimum atomic E-state index is -0.274. The summed E-state index contributed by atoms with van der Waals surface area (Å²) in [5.74, 6) is -0.218. The van der Waals surface area contributed by atoms with E-state index in [-0.39, 0.29) is 18.1 Å². The third-order valence-electron chi connectivity index (χ3n) is 5.40. The summed E-state index contributed by atoms with van der Waals surface area (Å²) < 4.78 is 4.94. The van der Waals surface area contributed by atoms with E-state index in [1.807, 2.05) is 66.6 Å². The molecular formula is C23H24N4O2. The molecule has 29 heavy (non-hydrogen) atoms. The zero-order chi connectivity index (χ0) is 20.4. The number of carbonyl (C=O) groups excluding carboxylic acids is 1. The lowest BCUT2D eigenvalue weighted by atomic mass is 10.0. The van der Waals surface area contributed by atoms with Gasteiger partial charge in [0.05, 0.1) is 13.2 Å². The van der Waals surface area contributed by atoms with Crippen molar-refractivity contribution in [1.82, 2.24) is 19.9 Å². The second-order valence-electron chi connectivity index (χ2n) is 7.28. The number of esters is 1. The maximum Gasteiger partial charge on any atom is 0.323 e. The highest BCUT2D eigenvalue weighted by Gasteiger charge is 2.37. The number of likely N-dealkylation sites (tertiary alicyclic amines) is 1. The van der Waals surface area contributed by atoms with Crippen molar-refractivity contribution < 1.29 is 9.53 Å². The molecule has 1 saturated heterocycles. The molecular weight excluding hydrogens is 364 g/mol. The molecule has 0 N–H and O–H groups in total. The summed E-state index contributed by atoms with van der Waals surface area (Å²) in [4.78, 5) is 15.8. The van der Waals surface area contributed by atoms with Crippen LogP contribution in [0.15, 0.2) is 61.2 Å². The number of nitrogens with zero attached hydrogens (tertiary/aromatic N) is 4. The second kappa shape index (κ2) is 8.01. The minimum absolute atomic E-state index is 0.00268. The van der Waals surface area contributed by atoms with Gasteiger partial charge in [0.25, 0.3) is 0 Å². The van der Waals surface area contributed by atoms with Crippen LogP contribution in [0.1, 0.15) is 18.0 Å². The Morgan fingerprint density at radius 2 is 1.79 bits per heavy atom. The molecule has 0 unspecified atom stereocenters. The van der Waals surface area contributed by atoms with Crippen LogP contribution in [0.25, 0.3) is 28.6 Å². The zero-order valence-electron chi connectivity index (χ0n) is 16.7. The van der Waals surface area contributed by atoms with Gasteiger partial charge >= 0.3 is 5.97 Å². The average Bonchev–Trinajstić information content (AvgIpc) is 3.38. The van der Waals surface area contributed by atoms with Crippen molar-refractivity contribution in [3.63, 3.8) is 0 Å². The maximum absolute atomic E-state index is 12.1. The molecule has 0 saturated carbocycles. The molecule has 0 radical (unpaired) electrons. The monoisotopic (exact) mass is 388 g/mol. The van der Waals surface area contributed by atoms with Crippen molar-refractivity contribution in [2.75, 3.05) is 20.7 Å². The lowest BCUT2D eigenvalue weighted by molar-refractivity contribution is -0.145. The molecule has 2 aromatic carbocycles. The van der Waals surface area contributed by atoms with Gasteiger partial charge in [0, 0.05) is 17.7 Å². The molecule has 6 nitrogen and oxygen atoms in total. The van der Waals surface area contributed by atoms with Crippen molar-refractivity contribution in [3.8, 4) is 22.5 Å². The Hall–Kier alpha value is -3.25. The molecule has 148 valence electrons. The van der Waals surface area contributed by atoms with E-state index in [4.69, 9.17) is 14.9 Å². The van der Waals surface area contributed by atoms with E-state index in [0.29, 0.717) is 13.0 Å². The van der Waals surface area contributed by atoms with Crippen LogP contribution in [0.2, 0.25) is 0 Å². The average molecular weight is 388 g/mol. The molecule has 2 heterocycles. The minimum Gasteiger partial charge on any atom is -0.468 e. The Kier molecular flexibility index (Phi) is 5.27. The number of benzene rings is 2. The van der Waals surface area contributed by atoms with E-state index in [1.165, 1.54) is 7.11 Å². The number of aromatic nitrogens is 3. The van der Waals surface area contributed by atoms with Gasteiger partial charge in [-0.1, -0.05) is 61.2 Å². The molecule has 0 spiro atoms. The summed E-state index contributed by atoms with van der Waals surface area (Å²) in [6, 6.07) is 17.9. The summed E-state index contributed by atoms with van der Waals surface area (Å²) >= 11 is 0. The van der Waals surface area contributed by atoms with E-state index in [9.17, 15) is 4.79 Å². The molecule has 0 amide bonds. The Labute approximate surface area is 170 Å². The largest absolute Gasteiger partial charge is 0.468 e. The van der Waals surface area contributed by atoms with Crippen LogP contribution in [0.5, 0.6) is 0 Å². The van der Waals surface area contributed by atoms with Gasteiger partial charge in [-0.15, -0.1) is 0 Å². The fourth-order valence-electron chi connectivity index (χ4n) is 3.83. The lowest BCUT2D eigenvalue weighted by Gasteiger charge is -2.15. The predicted molar refractivity (Wildman–Crippen MR) is 113 cm³/mol. The van der Waals surface area contributed by atoms with E-state index >= 15 is 0 Å². The van der Waals surface area contributed by atoms with Crippen molar-refractivity contribution in [2.45, 2.75) is 18.5 Å². The molecule has 1 fully saturated rings. The number of likely N-dealkylation sites (N-methyl/N-ethyl adjacent to an activating group) is 1. The first-order valence-corrected chi connectivity index (χ1v) is 9.64. The van der Waals surface area contributed by atoms with Gasteiger partial charge in [-0.25, -0.2) is 0 Å². The molecule has 1 aromatic heterocycles. The smallest absolute Gasteiger partial charge is 0.323 e. The standard InChI is InChI=1S/C23H24N4O2/c1-4-16-9-8-12-18(13-16)22-21(17-10-6-5-7-11-17)24-27(25-22)19-14-20(23(28)29-3)26(2)15-19/h4-13,19-20H,1,14-15H2,2-3H3/t19-,20+/m1/s1. The Morgan fingerprint density at radius 1 is 1.10 bits per heavy atom. The predicted octanol–water partition coefficient (Wildman–Crippen LogP) is 3.67. The number of methoxy groups -OCH3 is 1. The second-order valence-corrected chi connectivity index (χ2v) is 7.28. The molecule has 3 aromatic rings. The quantitative estimate of drug-likeness (QED) is 0.624. The van der Waals surface area contributed by atoms with Crippen molar-refractivity contribution >= 4 is 12.0 Å². The van der Waals surface area contributed by atoms with Crippen LogP contribution < -0.4 is 0 Å². The third kappa shape index (κ3) is 3.71. The summed E-state index contributed by atoms with van der Waals surface area (Å²) in [5.41, 5.74) is 4.68. The van der Waals surface area contributed by atoms with Gasteiger partial charge in [0.1, 0.15) is 17.4 Å². The fraction of sp³-hybridized carbons (Fsp3) is 0.261. The first kappa shape index (κ1) is 19.1. The van der Waals surface area contributed by atoms with Crippen molar-refractivity contribution in [2.24, 2.45) is 0 Å². The van der Waals surface area contributed by atoms with Crippen molar-refractivity contribution in [1.29, 1.82) is 0 Å². The summed E-state index contributed by atoms with van der Waals surface area (Å²) in [5, 5.41) is 9.71. The van der Waals surface area contributed by atoms with E-state index in [1.54, 1.807) is 4.80 Å². The molecule has 0 aliphatic carbocycles. The molecule has 1 aliphatic heterocycles. The molecule has 1 aliphatic rings. The summed E-state index contributed by atoms with van der Waals surface area (Å²) in [7, 11) is 3.35. The molecule has 0 bridgehead atoms. The number of hydrogen-bond donors (Lipinski definition) is 0. The Morgan fingerprint density at radius 3 is 2.48 bits per heavy atom. The van der Waals surface area contributed by atoms with Crippen LogP contribution in [0.4, 0.5) is 0 Å². The lowest BCUT2D eigenvalue weighted by Crippen LogP contribution is -2.33. The maximum atomic E-state index is 12.1. The highest BCUT2D eigenvalue weighted by molar-refractivity contribution is 5.78. The first-order valence-electron chi connectivity index (χ1n) is 9.64. The molecule has 2 atom stereocenters. The van der Waals surface area contributed by atoms with Gasteiger partial charge in [-0.3, -0.25) is 9.69 Å². The first-order chi connectivity index (χ1) is 14.1. The highest BCUT2D eigenvalue weighted by atomic mass is 16.5. The fourth-order valence-corrected chi connectivity index (χ4v) is 3.83. The van der Waals surface area contributed by atoms with Gasteiger partial charge in [-0.05, 0) is 25.1 Å². The number of rotatable bonds is 5. The topological polar surface area (TPSA) is 60.3 Å². The van der Waals surface area contributed by atoms with Crippen molar-refractivity contribution in [3.05, 3.63) is 66.7 Å². The number of hydrogen-bond acceptors (Lipinski definition) is 5. The zero-order valence-corrected chi connectivity index (χ0v) is 16.7. The van der Waals surface area contributed by atoms with Gasteiger partial charge in [-0.2, -0.15) is 15.0 Å². The normalized spacial score (nSPS) is 19.2. The number of ether oxygens (including phenoxy) is 1. The third-order valence-corrected chi connectivity index (χ3v) is 5.40. The van der Waals surface area contributed by atoms with E-state index in [0.717, 1.165) is 28.1 Å². The molecule has 4 rings (SSSR count). The summed E-state index contributed by atoms with van der Waals surface area (Å²) in [6.07, 6.45) is 2.45. The number of carbonyl (C=O) groups is 1. The Balaban J connectivity index is 1.76. The van der Waals surface area contributed by atoms with Crippen LogP contribution in [-0.4, -0.2) is 52.6 Å². The molecule has 6 heteroatoms.